The quantitative estimate of drug-likeness (QED) is 0.371. The first-order chi connectivity index (χ1) is 13.2. The Kier molecular flexibility index (Phi) is 4.07. The third-order valence-electron chi connectivity index (χ3n) is 4.32. The highest BCUT2D eigenvalue weighted by molar-refractivity contribution is 8.00. The number of benzene rings is 3. The van der Waals surface area contributed by atoms with Crippen LogP contribution < -0.4 is 5.32 Å². The van der Waals surface area contributed by atoms with Gasteiger partial charge in [0.1, 0.15) is 0 Å². The van der Waals surface area contributed by atoms with Gasteiger partial charge in [0.25, 0.3) is 5.91 Å². The number of thioether (sulfide) groups is 1. The minimum Gasteiger partial charge on any atom is -0.298 e. The van der Waals surface area contributed by atoms with Gasteiger partial charge in [-0.1, -0.05) is 59.5 Å². The number of carbonyl (C=O) groups excluding carboxylic acids is 1. The number of anilines is 1. The van der Waals surface area contributed by atoms with Crippen LogP contribution in [0.15, 0.2) is 58.9 Å². The van der Waals surface area contributed by atoms with Crippen molar-refractivity contribution in [1.82, 2.24) is 9.97 Å². The predicted molar refractivity (Wildman–Crippen MR) is 116 cm³/mol. The molecular formula is C20H13N3OS3. The first kappa shape index (κ1) is 16.7. The Bertz CT molecular complexity index is 1320. The smallest absolute Gasteiger partial charge is 0.258 e. The second-order valence-corrected chi connectivity index (χ2v) is 9.00. The molecule has 3 aromatic carbocycles. The SMILES string of the molecule is CSc1nc2ccc3nc(NC(=O)c4cccc5ccccc45)sc3c2s1. The van der Waals surface area contributed by atoms with E-state index in [-0.39, 0.29) is 5.91 Å². The van der Waals surface area contributed by atoms with Crippen LogP contribution in [0.4, 0.5) is 5.13 Å². The zero-order chi connectivity index (χ0) is 18.4. The highest BCUT2D eigenvalue weighted by Gasteiger charge is 2.15. The fourth-order valence-electron chi connectivity index (χ4n) is 3.08. The van der Waals surface area contributed by atoms with Crippen LogP contribution >= 0.6 is 34.4 Å². The maximum absolute atomic E-state index is 12.9. The number of hydrogen-bond donors (Lipinski definition) is 1. The Morgan fingerprint density at radius 2 is 1.67 bits per heavy atom. The van der Waals surface area contributed by atoms with Gasteiger partial charge in [0.15, 0.2) is 9.47 Å². The summed E-state index contributed by atoms with van der Waals surface area (Å²) in [5, 5.41) is 5.56. The molecule has 7 heteroatoms. The molecule has 0 saturated carbocycles. The van der Waals surface area contributed by atoms with Gasteiger partial charge in [0.2, 0.25) is 0 Å². The van der Waals surface area contributed by atoms with E-state index >= 15 is 0 Å². The number of rotatable bonds is 3. The lowest BCUT2D eigenvalue weighted by molar-refractivity contribution is 0.102. The summed E-state index contributed by atoms with van der Waals surface area (Å²) in [5.74, 6) is -0.142. The van der Waals surface area contributed by atoms with Crippen LogP contribution in [0, 0.1) is 0 Å². The van der Waals surface area contributed by atoms with E-state index < -0.39 is 0 Å². The van der Waals surface area contributed by atoms with Crippen LogP contribution in [0.3, 0.4) is 0 Å². The van der Waals surface area contributed by atoms with Crippen molar-refractivity contribution in [3.63, 3.8) is 0 Å². The topological polar surface area (TPSA) is 54.9 Å². The summed E-state index contributed by atoms with van der Waals surface area (Å²) < 4.78 is 3.23. The highest BCUT2D eigenvalue weighted by atomic mass is 32.2. The van der Waals surface area contributed by atoms with Crippen molar-refractivity contribution in [2.75, 3.05) is 11.6 Å². The molecule has 132 valence electrons. The molecule has 4 nitrogen and oxygen atoms in total. The minimum atomic E-state index is -0.142. The Hall–Kier alpha value is -2.48. The van der Waals surface area contributed by atoms with Crippen molar-refractivity contribution >= 4 is 76.7 Å². The van der Waals surface area contributed by atoms with Crippen LogP contribution in [0.5, 0.6) is 0 Å². The normalized spacial score (nSPS) is 11.4. The fraction of sp³-hybridized carbons (Fsp3) is 0.0500. The Labute approximate surface area is 167 Å². The van der Waals surface area contributed by atoms with E-state index in [0.29, 0.717) is 10.7 Å². The Morgan fingerprint density at radius 3 is 2.52 bits per heavy atom. The number of aromatic nitrogens is 2. The van der Waals surface area contributed by atoms with Crippen molar-refractivity contribution in [1.29, 1.82) is 0 Å². The van der Waals surface area contributed by atoms with Gasteiger partial charge < -0.3 is 0 Å². The van der Waals surface area contributed by atoms with E-state index in [4.69, 9.17) is 0 Å². The molecule has 0 atom stereocenters. The lowest BCUT2D eigenvalue weighted by Gasteiger charge is -2.05. The second-order valence-electron chi connectivity index (χ2n) is 5.95. The minimum absolute atomic E-state index is 0.142. The number of nitrogens with one attached hydrogen (secondary N) is 1. The van der Waals surface area contributed by atoms with Crippen molar-refractivity contribution in [3.8, 4) is 0 Å². The number of hydrogen-bond acceptors (Lipinski definition) is 6. The summed E-state index contributed by atoms with van der Waals surface area (Å²) in [5.41, 5.74) is 2.52. The molecule has 5 aromatic rings. The highest BCUT2D eigenvalue weighted by Crippen LogP contribution is 2.38. The molecule has 2 aromatic heterocycles. The van der Waals surface area contributed by atoms with Crippen LogP contribution in [-0.2, 0) is 0 Å². The van der Waals surface area contributed by atoms with Crippen molar-refractivity contribution in [3.05, 3.63) is 60.2 Å². The second kappa shape index (κ2) is 6.60. The molecule has 0 fully saturated rings. The van der Waals surface area contributed by atoms with Gasteiger partial charge in [-0.3, -0.25) is 10.1 Å². The van der Waals surface area contributed by atoms with Crippen molar-refractivity contribution < 1.29 is 4.79 Å². The van der Waals surface area contributed by atoms with E-state index in [2.05, 4.69) is 15.3 Å². The van der Waals surface area contributed by atoms with Crippen LogP contribution in [0.1, 0.15) is 10.4 Å². The van der Waals surface area contributed by atoms with Gasteiger partial charge >= 0.3 is 0 Å². The van der Waals surface area contributed by atoms with Gasteiger partial charge in [-0.2, -0.15) is 0 Å². The molecule has 0 spiro atoms. The number of fused-ring (bicyclic) bond motifs is 4. The maximum Gasteiger partial charge on any atom is 0.258 e. The molecule has 0 aliphatic rings. The third-order valence-corrected chi connectivity index (χ3v) is 7.53. The summed E-state index contributed by atoms with van der Waals surface area (Å²) in [4.78, 5) is 22.1. The van der Waals surface area contributed by atoms with E-state index in [9.17, 15) is 4.79 Å². The fourth-order valence-corrected chi connectivity index (χ4v) is 5.73. The van der Waals surface area contributed by atoms with Gasteiger partial charge in [-0.15, -0.1) is 11.3 Å². The van der Waals surface area contributed by atoms with Gasteiger partial charge in [0, 0.05) is 5.56 Å². The summed E-state index contributed by atoms with van der Waals surface area (Å²) in [6.45, 7) is 0. The molecule has 1 N–H and O–H groups in total. The van der Waals surface area contributed by atoms with Gasteiger partial charge in [-0.25, -0.2) is 9.97 Å². The number of nitrogens with zero attached hydrogens (tertiary/aromatic N) is 2. The number of amides is 1. The van der Waals surface area contributed by atoms with Gasteiger partial charge in [0.05, 0.1) is 20.4 Å². The molecule has 5 rings (SSSR count). The average Bonchev–Trinajstić information content (AvgIpc) is 3.30. The zero-order valence-corrected chi connectivity index (χ0v) is 16.7. The lowest BCUT2D eigenvalue weighted by Crippen LogP contribution is -2.12. The van der Waals surface area contributed by atoms with E-state index in [1.54, 1.807) is 23.1 Å². The largest absolute Gasteiger partial charge is 0.298 e. The Balaban J connectivity index is 1.55. The maximum atomic E-state index is 12.9. The molecule has 27 heavy (non-hydrogen) atoms. The first-order valence-electron chi connectivity index (χ1n) is 8.26. The Morgan fingerprint density at radius 1 is 0.926 bits per heavy atom. The molecule has 0 saturated heterocycles. The van der Waals surface area contributed by atoms with E-state index in [0.717, 1.165) is 35.5 Å². The van der Waals surface area contributed by atoms with Crippen LogP contribution in [0.2, 0.25) is 0 Å². The first-order valence-corrected chi connectivity index (χ1v) is 11.1. The van der Waals surface area contributed by atoms with Crippen LogP contribution in [0.25, 0.3) is 31.2 Å². The summed E-state index contributed by atoms with van der Waals surface area (Å²) in [7, 11) is 0. The van der Waals surface area contributed by atoms with Gasteiger partial charge in [-0.05, 0) is 35.2 Å². The summed E-state index contributed by atoms with van der Waals surface area (Å²) in [6.07, 6.45) is 2.03. The molecular weight excluding hydrogens is 394 g/mol. The zero-order valence-electron chi connectivity index (χ0n) is 14.2. The summed E-state index contributed by atoms with van der Waals surface area (Å²) in [6, 6.07) is 17.6. The third kappa shape index (κ3) is 2.88. The predicted octanol–water partition coefficient (Wildman–Crippen LogP) is 6.03. The van der Waals surface area contributed by atoms with Crippen molar-refractivity contribution in [2.24, 2.45) is 0 Å². The molecule has 2 heterocycles. The van der Waals surface area contributed by atoms with Crippen molar-refractivity contribution in [2.45, 2.75) is 4.34 Å². The van der Waals surface area contributed by atoms with E-state index in [1.807, 2.05) is 60.9 Å². The monoisotopic (exact) mass is 407 g/mol. The standard InChI is InChI=1S/C20H13N3OS3/c1-25-20-22-15-10-9-14-16(17(15)27-20)26-19(21-14)23-18(24)13-8-4-6-11-5-2-3-7-12(11)13/h2-10H,1H3,(H,21,23,24). The lowest BCUT2D eigenvalue weighted by atomic mass is 10.0. The van der Waals surface area contributed by atoms with Crippen LogP contribution in [-0.4, -0.2) is 22.1 Å². The summed E-state index contributed by atoms with van der Waals surface area (Å²) >= 11 is 4.80. The molecule has 0 aliphatic heterocycles. The molecule has 0 radical (unpaired) electrons. The molecule has 0 unspecified atom stereocenters. The molecule has 1 amide bonds. The molecule has 0 bridgehead atoms. The number of carbonyl (C=O) groups is 1. The molecule has 0 aliphatic carbocycles. The van der Waals surface area contributed by atoms with E-state index in [1.165, 1.54) is 11.3 Å². The average molecular weight is 408 g/mol. The number of thiazole rings is 2.